The third-order valence-corrected chi connectivity index (χ3v) is 1.68. The molecule has 1 amide bonds. The second-order valence-electron chi connectivity index (χ2n) is 2.51. The molecule has 0 saturated carbocycles. The van der Waals surface area contributed by atoms with Gasteiger partial charge in [-0.15, -0.1) is 0 Å². The highest BCUT2D eigenvalue weighted by Crippen LogP contribution is 2.06. The largest absolute Gasteiger partial charge is 0.306 e. The molecule has 1 atom stereocenters. The zero-order chi connectivity index (χ0) is 7.56. The Bertz CT molecular complexity index is 130. The first-order chi connectivity index (χ1) is 4.72. The highest BCUT2D eigenvalue weighted by molar-refractivity contribution is 5.80. The van der Waals surface area contributed by atoms with E-state index in [1.165, 1.54) is 7.05 Å². The van der Waals surface area contributed by atoms with Gasteiger partial charge >= 0.3 is 0 Å². The Morgan fingerprint density at radius 1 is 1.80 bits per heavy atom. The monoisotopic (exact) mass is 144 g/mol. The summed E-state index contributed by atoms with van der Waals surface area (Å²) in [6.07, 6.45) is 1.86. The number of amides is 1. The first-order valence-corrected chi connectivity index (χ1v) is 3.41. The second-order valence-corrected chi connectivity index (χ2v) is 2.51. The molecule has 0 spiro atoms. The van der Waals surface area contributed by atoms with Gasteiger partial charge in [-0.25, -0.2) is 5.06 Å². The summed E-state index contributed by atoms with van der Waals surface area (Å²) in [6, 6.07) is -0.157. The minimum atomic E-state index is -0.238. The van der Waals surface area contributed by atoms with Gasteiger partial charge in [-0.05, 0) is 19.4 Å². The molecule has 58 valence electrons. The van der Waals surface area contributed by atoms with Crippen LogP contribution in [0.25, 0.3) is 0 Å². The highest BCUT2D eigenvalue weighted by atomic mass is 16.5. The van der Waals surface area contributed by atoms with Crippen LogP contribution in [0.3, 0.4) is 0 Å². The van der Waals surface area contributed by atoms with Crippen molar-refractivity contribution in [3.8, 4) is 0 Å². The number of rotatable bonds is 1. The average Bonchev–Trinajstić information content (AvgIpc) is 2.36. The first kappa shape index (κ1) is 7.50. The molecule has 0 unspecified atom stereocenters. The normalized spacial score (nSPS) is 24.8. The minimum Gasteiger partial charge on any atom is -0.306 e. The SMILES string of the molecule is CN(O)C(=O)[C@@H]1CCCN1. The lowest BCUT2D eigenvalue weighted by Crippen LogP contribution is -2.39. The third-order valence-electron chi connectivity index (χ3n) is 1.68. The Morgan fingerprint density at radius 2 is 2.50 bits per heavy atom. The van der Waals surface area contributed by atoms with Crippen LogP contribution < -0.4 is 5.32 Å². The van der Waals surface area contributed by atoms with Gasteiger partial charge in [0, 0.05) is 7.05 Å². The average molecular weight is 144 g/mol. The van der Waals surface area contributed by atoms with E-state index in [0.29, 0.717) is 5.06 Å². The van der Waals surface area contributed by atoms with Crippen LogP contribution in [0.4, 0.5) is 0 Å². The van der Waals surface area contributed by atoms with Crippen LogP contribution in [-0.4, -0.2) is 35.8 Å². The summed E-state index contributed by atoms with van der Waals surface area (Å²) in [5.41, 5.74) is 0. The van der Waals surface area contributed by atoms with E-state index in [4.69, 9.17) is 5.21 Å². The lowest BCUT2D eigenvalue weighted by molar-refractivity contribution is -0.161. The molecule has 0 aliphatic carbocycles. The second kappa shape index (κ2) is 2.98. The topological polar surface area (TPSA) is 52.6 Å². The Hall–Kier alpha value is -0.610. The molecule has 1 aliphatic heterocycles. The number of hydrogen-bond acceptors (Lipinski definition) is 3. The Labute approximate surface area is 59.8 Å². The molecule has 0 aromatic rings. The molecular weight excluding hydrogens is 132 g/mol. The van der Waals surface area contributed by atoms with E-state index >= 15 is 0 Å². The number of hydrogen-bond donors (Lipinski definition) is 2. The van der Waals surface area contributed by atoms with Crippen LogP contribution in [-0.2, 0) is 4.79 Å². The number of hydroxylamine groups is 2. The van der Waals surface area contributed by atoms with Gasteiger partial charge in [0.15, 0.2) is 0 Å². The Kier molecular flexibility index (Phi) is 2.24. The molecule has 0 radical (unpaired) electrons. The molecule has 1 saturated heterocycles. The maximum Gasteiger partial charge on any atom is 0.262 e. The van der Waals surface area contributed by atoms with Gasteiger partial charge in [0.25, 0.3) is 5.91 Å². The van der Waals surface area contributed by atoms with E-state index < -0.39 is 0 Å². The summed E-state index contributed by atoms with van der Waals surface area (Å²) < 4.78 is 0. The van der Waals surface area contributed by atoms with Crippen LogP contribution in [0.1, 0.15) is 12.8 Å². The first-order valence-electron chi connectivity index (χ1n) is 3.41. The number of likely N-dealkylation sites (N-methyl/N-ethyl adjacent to an activating group) is 1. The summed E-state index contributed by atoms with van der Waals surface area (Å²) in [7, 11) is 1.35. The van der Waals surface area contributed by atoms with Gasteiger partial charge in [-0.1, -0.05) is 0 Å². The van der Waals surface area contributed by atoms with Crippen LogP contribution in [0, 0.1) is 0 Å². The molecule has 0 aromatic heterocycles. The molecule has 4 nitrogen and oxygen atoms in total. The van der Waals surface area contributed by atoms with Crippen LogP contribution in [0.5, 0.6) is 0 Å². The Morgan fingerprint density at radius 3 is 2.90 bits per heavy atom. The van der Waals surface area contributed by atoms with Crippen molar-refractivity contribution >= 4 is 5.91 Å². The van der Waals surface area contributed by atoms with Crippen LogP contribution >= 0.6 is 0 Å². The number of carbonyl (C=O) groups is 1. The number of carbonyl (C=O) groups excluding carboxylic acids is 1. The van der Waals surface area contributed by atoms with Crippen molar-refractivity contribution in [3.63, 3.8) is 0 Å². The summed E-state index contributed by atoms with van der Waals surface area (Å²) in [5.74, 6) is -0.238. The molecule has 1 fully saturated rings. The molecule has 1 heterocycles. The van der Waals surface area contributed by atoms with Crippen molar-refractivity contribution < 1.29 is 10.0 Å². The quantitative estimate of drug-likeness (QED) is 0.388. The van der Waals surface area contributed by atoms with Crippen molar-refractivity contribution in [2.24, 2.45) is 0 Å². The van der Waals surface area contributed by atoms with Crippen LogP contribution in [0.2, 0.25) is 0 Å². The maximum atomic E-state index is 11.0. The third kappa shape index (κ3) is 1.46. The number of nitrogens with one attached hydrogen (secondary N) is 1. The van der Waals surface area contributed by atoms with Crippen molar-refractivity contribution in [1.82, 2.24) is 10.4 Å². The predicted molar refractivity (Wildman–Crippen MR) is 35.6 cm³/mol. The van der Waals surface area contributed by atoms with E-state index in [-0.39, 0.29) is 11.9 Å². The summed E-state index contributed by atoms with van der Waals surface area (Å²) in [4.78, 5) is 11.0. The molecule has 0 aromatic carbocycles. The van der Waals surface area contributed by atoms with E-state index in [2.05, 4.69) is 5.32 Å². The molecule has 1 rings (SSSR count). The fourth-order valence-electron chi connectivity index (χ4n) is 1.12. The van der Waals surface area contributed by atoms with Gasteiger partial charge in [-0.3, -0.25) is 10.0 Å². The molecule has 2 N–H and O–H groups in total. The van der Waals surface area contributed by atoms with Crippen molar-refractivity contribution in [3.05, 3.63) is 0 Å². The van der Waals surface area contributed by atoms with Crippen molar-refractivity contribution in [1.29, 1.82) is 0 Å². The molecule has 1 aliphatic rings. The molecular formula is C6H12N2O2. The molecule has 10 heavy (non-hydrogen) atoms. The van der Waals surface area contributed by atoms with Gasteiger partial charge < -0.3 is 5.32 Å². The lowest BCUT2D eigenvalue weighted by Gasteiger charge is -2.13. The fourth-order valence-corrected chi connectivity index (χ4v) is 1.12. The zero-order valence-corrected chi connectivity index (χ0v) is 6.00. The van der Waals surface area contributed by atoms with E-state index in [1.54, 1.807) is 0 Å². The van der Waals surface area contributed by atoms with Crippen LogP contribution in [0.15, 0.2) is 0 Å². The van der Waals surface area contributed by atoms with Crippen molar-refractivity contribution in [2.75, 3.05) is 13.6 Å². The van der Waals surface area contributed by atoms with Crippen molar-refractivity contribution in [2.45, 2.75) is 18.9 Å². The fraction of sp³-hybridized carbons (Fsp3) is 0.833. The summed E-state index contributed by atoms with van der Waals surface area (Å²) >= 11 is 0. The van der Waals surface area contributed by atoms with E-state index in [1.807, 2.05) is 0 Å². The van der Waals surface area contributed by atoms with Gasteiger partial charge in [-0.2, -0.15) is 0 Å². The van der Waals surface area contributed by atoms with Gasteiger partial charge in [0.05, 0.1) is 6.04 Å². The predicted octanol–water partition coefficient (Wildman–Crippen LogP) is -0.414. The Balaban J connectivity index is 2.40. The maximum absolute atomic E-state index is 11.0. The van der Waals surface area contributed by atoms with E-state index in [0.717, 1.165) is 19.4 Å². The smallest absolute Gasteiger partial charge is 0.262 e. The summed E-state index contributed by atoms with van der Waals surface area (Å²) in [5, 5.41) is 12.4. The van der Waals surface area contributed by atoms with E-state index in [9.17, 15) is 4.79 Å². The highest BCUT2D eigenvalue weighted by Gasteiger charge is 2.23. The molecule has 4 heteroatoms. The molecule has 0 bridgehead atoms. The summed E-state index contributed by atoms with van der Waals surface area (Å²) in [6.45, 7) is 0.879. The lowest BCUT2D eigenvalue weighted by atomic mass is 10.2. The standard InChI is InChI=1S/C6H12N2O2/c1-8(10)6(9)5-3-2-4-7-5/h5,7,10H,2-4H2,1H3/t5-/m0/s1. The van der Waals surface area contributed by atoms with Gasteiger partial charge in [0.2, 0.25) is 0 Å². The van der Waals surface area contributed by atoms with Gasteiger partial charge in [0.1, 0.15) is 0 Å². The minimum absolute atomic E-state index is 0.157. The number of nitrogens with zero attached hydrogens (tertiary/aromatic N) is 1. The zero-order valence-electron chi connectivity index (χ0n) is 6.00.